The Hall–Kier alpha value is -2.15. The van der Waals surface area contributed by atoms with Crippen molar-refractivity contribution in [2.45, 2.75) is 60.4 Å². The van der Waals surface area contributed by atoms with Gasteiger partial charge in [-0.2, -0.15) is 5.10 Å². The van der Waals surface area contributed by atoms with Crippen molar-refractivity contribution < 1.29 is 9.53 Å². The van der Waals surface area contributed by atoms with Crippen molar-refractivity contribution in [3.63, 3.8) is 0 Å². The van der Waals surface area contributed by atoms with E-state index in [2.05, 4.69) is 15.2 Å². The summed E-state index contributed by atoms with van der Waals surface area (Å²) < 4.78 is 5.01. The number of carbonyl (C=O) groups is 1. The number of fused-ring (bicyclic) bond motifs is 1. The lowest BCUT2D eigenvalue weighted by atomic mass is 10.2. The summed E-state index contributed by atoms with van der Waals surface area (Å²) in [6.07, 6.45) is 3.86. The predicted molar refractivity (Wildman–Crippen MR) is 108 cm³/mol. The number of aromatic amines is 1. The van der Waals surface area contributed by atoms with Crippen LogP contribution in [0.2, 0.25) is 0 Å². The third kappa shape index (κ3) is 6.63. The molecule has 0 aromatic carbocycles. The maximum absolute atomic E-state index is 11.0. The molecule has 148 valence electrons. The molecule has 0 aliphatic carbocycles. The van der Waals surface area contributed by atoms with Gasteiger partial charge in [0.25, 0.3) is 0 Å². The topological polar surface area (TPSA) is 97.1 Å². The minimum Gasteiger partial charge on any atom is -0.383 e. The predicted octanol–water partition coefficient (Wildman–Crippen LogP) is 3.54. The standard InChI is InChI=1S/C8H15NO2.C7H8N4.2C2H6/c1-7(10)9-5-3-4-8(9)6-11-2;1-4-6-5(11-10-4)2-3-9-7(6)8;2*1-2/h8H,3-6H2,1-2H3;2-3H,1H3,(H2,8,9)(H,10,11);2*1-2H3. The number of nitrogens with one attached hydrogen (secondary N) is 1. The van der Waals surface area contributed by atoms with Gasteiger partial charge < -0.3 is 15.4 Å². The van der Waals surface area contributed by atoms with Crippen molar-refractivity contribution in [1.82, 2.24) is 20.1 Å². The molecule has 2 aromatic rings. The van der Waals surface area contributed by atoms with Gasteiger partial charge in [-0.25, -0.2) is 4.98 Å². The van der Waals surface area contributed by atoms with Crippen molar-refractivity contribution in [1.29, 1.82) is 0 Å². The molecular weight excluding hydrogens is 330 g/mol. The van der Waals surface area contributed by atoms with Gasteiger partial charge in [0.2, 0.25) is 5.91 Å². The van der Waals surface area contributed by atoms with Crippen molar-refractivity contribution >= 4 is 22.6 Å². The smallest absolute Gasteiger partial charge is 0.219 e. The lowest BCUT2D eigenvalue weighted by molar-refractivity contribution is -0.130. The highest BCUT2D eigenvalue weighted by molar-refractivity contribution is 5.89. The van der Waals surface area contributed by atoms with Crippen LogP contribution >= 0.6 is 0 Å². The first kappa shape index (κ1) is 23.9. The second kappa shape index (κ2) is 13.1. The van der Waals surface area contributed by atoms with E-state index in [-0.39, 0.29) is 5.91 Å². The highest BCUT2D eigenvalue weighted by Crippen LogP contribution is 2.19. The van der Waals surface area contributed by atoms with Gasteiger partial charge in [0.15, 0.2) is 0 Å². The number of hydrogen-bond donors (Lipinski definition) is 2. The molecule has 1 atom stereocenters. The van der Waals surface area contributed by atoms with Gasteiger partial charge in [-0.15, -0.1) is 0 Å². The Morgan fingerprint density at radius 1 is 1.38 bits per heavy atom. The molecule has 0 spiro atoms. The second-order valence-electron chi connectivity index (χ2n) is 5.40. The highest BCUT2D eigenvalue weighted by atomic mass is 16.5. The lowest BCUT2D eigenvalue weighted by Crippen LogP contribution is -2.36. The molecule has 3 heterocycles. The molecule has 7 nitrogen and oxygen atoms in total. The van der Waals surface area contributed by atoms with Crippen molar-refractivity contribution in [3.8, 4) is 0 Å². The summed E-state index contributed by atoms with van der Waals surface area (Å²) in [7, 11) is 1.68. The van der Waals surface area contributed by atoms with E-state index in [9.17, 15) is 4.79 Å². The van der Waals surface area contributed by atoms with Crippen LogP contribution in [0.1, 0.15) is 53.2 Å². The number of methoxy groups -OCH3 is 1. The summed E-state index contributed by atoms with van der Waals surface area (Å²) in [4.78, 5) is 16.9. The van der Waals surface area contributed by atoms with Gasteiger partial charge in [0, 0.05) is 32.5 Å². The van der Waals surface area contributed by atoms with E-state index in [4.69, 9.17) is 10.5 Å². The minimum atomic E-state index is 0.171. The lowest BCUT2D eigenvalue weighted by Gasteiger charge is -2.22. The molecule has 1 amide bonds. The summed E-state index contributed by atoms with van der Waals surface area (Å²) in [5.41, 5.74) is 7.46. The number of rotatable bonds is 2. The number of anilines is 1. The Bertz CT molecular complexity index is 642. The number of aryl methyl sites for hydroxylation is 1. The molecule has 3 rings (SSSR count). The molecule has 0 saturated carbocycles. The molecule has 7 heteroatoms. The first-order chi connectivity index (χ1) is 12.5. The van der Waals surface area contributed by atoms with Crippen molar-refractivity contribution in [2.75, 3.05) is 26.0 Å². The van der Waals surface area contributed by atoms with E-state index in [1.165, 1.54) is 0 Å². The van der Waals surface area contributed by atoms with Gasteiger partial charge >= 0.3 is 0 Å². The zero-order valence-corrected chi connectivity index (χ0v) is 17.3. The molecule has 1 aliphatic rings. The monoisotopic (exact) mass is 365 g/mol. The molecule has 3 N–H and O–H groups in total. The number of aromatic nitrogens is 3. The maximum atomic E-state index is 11.0. The number of nitrogens with two attached hydrogens (primary N) is 1. The molecule has 0 bridgehead atoms. The molecule has 1 unspecified atom stereocenters. The Labute approximate surface area is 157 Å². The van der Waals surface area contributed by atoms with Crippen LogP contribution in [0.5, 0.6) is 0 Å². The summed E-state index contributed by atoms with van der Waals surface area (Å²) in [5, 5.41) is 7.81. The van der Waals surface area contributed by atoms with Crippen LogP contribution < -0.4 is 5.73 Å². The maximum Gasteiger partial charge on any atom is 0.219 e. The van der Waals surface area contributed by atoms with Crippen LogP contribution in [0.25, 0.3) is 10.9 Å². The second-order valence-corrected chi connectivity index (χ2v) is 5.40. The zero-order valence-electron chi connectivity index (χ0n) is 17.3. The van der Waals surface area contributed by atoms with Crippen molar-refractivity contribution in [2.24, 2.45) is 0 Å². The summed E-state index contributed by atoms with van der Waals surface area (Å²) in [6, 6.07) is 2.16. The molecule has 26 heavy (non-hydrogen) atoms. The fourth-order valence-electron chi connectivity index (χ4n) is 2.76. The van der Waals surface area contributed by atoms with Crippen LogP contribution in [0.3, 0.4) is 0 Å². The fraction of sp³-hybridized carbons (Fsp3) is 0.632. The highest BCUT2D eigenvalue weighted by Gasteiger charge is 2.25. The van der Waals surface area contributed by atoms with E-state index >= 15 is 0 Å². The van der Waals surface area contributed by atoms with Gasteiger partial charge in [-0.1, -0.05) is 27.7 Å². The summed E-state index contributed by atoms with van der Waals surface area (Å²) >= 11 is 0. The Morgan fingerprint density at radius 2 is 2.04 bits per heavy atom. The number of amides is 1. The zero-order chi connectivity index (χ0) is 20.1. The van der Waals surface area contributed by atoms with E-state index in [0.29, 0.717) is 18.5 Å². The quantitative estimate of drug-likeness (QED) is 0.848. The number of carbonyl (C=O) groups excluding carboxylic acids is 1. The van der Waals surface area contributed by atoms with E-state index < -0.39 is 0 Å². The SMILES string of the molecule is CC.CC.COCC1CCCN1C(C)=O.Cc1[nH]nc2ccnc(N)c12. The number of pyridine rings is 1. The number of ether oxygens (including phenoxy) is 1. The van der Waals surface area contributed by atoms with Crippen LogP contribution in [-0.2, 0) is 9.53 Å². The number of nitrogens with zero attached hydrogens (tertiary/aromatic N) is 3. The van der Waals surface area contributed by atoms with Gasteiger partial charge in [-0.05, 0) is 25.8 Å². The summed E-state index contributed by atoms with van der Waals surface area (Å²) in [5.74, 6) is 0.707. The largest absolute Gasteiger partial charge is 0.383 e. The van der Waals surface area contributed by atoms with Crippen molar-refractivity contribution in [3.05, 3.63) is 18.0 Å². The van der Waals surface area contributed by atoms with Crippen LogP contribution in [0.4, 0.5) is 5.82 Å². The molecule has 1 saturated heterocycles. The van der Waals surface area contributed by atoms with Gasteiger partial charge in [-0.3, -0.25) is 9.89 Å². The first-order valence-electron chi connectivity index (χ1n) is 9.36. The van der Waals surface area contributed by atoms with Gasteiger partial charge in [0.1, 0.15) is 5.82 Å². The first-order valence-corrected chi connectivity index (χ1v) is 9.36. The Morgan fingerprint density at radius 3 is 2.58 bits per heavy atom. The molecular formula is C19H35N5O2. The number of H-pyrrole nitrogens is 1. The molecule has 1 fully saturated rings. The number of likely N-dealkylation sites (tertiary alicyclic amines) is 1. The third-order valence-electron chi connectivity index (χ3n) is 3.82. The van der Waals surface area contributed by atoms with Crippen LogP contribution in [0, 0.1) is 6.92 Å². The Kier molecular flexibility index (Phi) is 12.0. The summed E-state index contributed by atoms with van der Waals surface area (Å²) in [6.45, 7) is 13.1. The average molecular weight is 366 g/mol. The third-order valence-corrected chi connectivity index (χ3v) is 3.82. The molecule has 2 aromatic heterocycles. The van der Waals surface area contributed by atoms with E-state index in [1.807, 2.05) is 45.6 Å². The van der Waals surface area contributed by atoms with Crippen LogP contribution in [-0.4, -0.2) is 52.3 Å². The van der Waals surface area contributed by atoms with Gasteiger partial charge in [0.05, 0.1) is 23.6 Å². The minimum absolute atomic E-state index is 0.171. The Balaban J connectivity index is 0.000000404. The van der Waals surface area contributed by atoms with E-state index in [0.717, 1.165) is 36.0 Å². The average Bonchev–Trinajstić information content (AvgIpc) is 3.27. The molecule has 1 aliphatic heterocycles. The molecule has 0 radical (unpaired) electrons. The number of hydrogen-bond acceptors (Lipinski definition) is 5. The number of nitrogen functional groups attached to an aromatic ring is 1. The van der Waals surface area contributed by atoms with E-state index in [1.54, 1.807) is 20.2 Å². The van der Waals surface area contributed by atoms with Crippen LogP contribution in [0.15, 0.2) is 12.3 Å². The normalized spacial score (nSPS) is 15.2. The fourth-order valence-corrected chi connectivity index (χ4v) is 2.76.